The van der Waals surface area contributed by atoms with Crippen LogP contribution in [0.2, 0.25) is 4.34 Å². The number of likely N-dealkylation sites (N-methyl/N-ethyl adjacent to an activating group) is 1. The van der Waals surface area contributed by atoms with E-state index in [0.29, 0.717) is 6.54 Å². The van der Waals surface area contributed by atoms with E-state index in [-0.39, 0.29) is 6.04 Å². The van der Waals surface area contributed by atoms with Crippen LogP contribution in [0, 0.1) is 0 Å². The Morgan fingerprint density at radius 1 is 1.82 bits per heavy atom. The smallest absolute Gasteiger partial charge is 0.0976 e. The Kier molecular flexibility index (Phi) is 3.33. The monoisotopic (exact) mass is 190 g/mol. The van der Waals surface area contributed by atoms with Crippen molar-refractivity contribution in [3.8, 4) is 0 Å². The van der Waals surface area contributed by atoms with Crippen LogP contribution in [-0.2, 0) is 0 Å². The molecule has 1 aromatic heterocycles. The van der Waals surface area contributed by atoms with Gasteiger partial charge in [-0.1, -0.05) is 11.6 Å². The van der Waals surface area contributed by atoms with Gasteiger partial charge in [-0.05, 0) is 24.1 Å². The van der Waals surface area contributed by atoms with Gasteiger partial charge >= 0.3 is 0 Å². The molecule has 0 radical (unpaired) electrons. The normalized spacial score (nSPS) is 13.4. The molecule has 0 amide bonds. The molecule has 1 heterocycles. The third-order valence-electron chi connectivity index (χ3n) is 1.61. The first kappa shape index (κ1) is 9.00. The van der Waals surface area contributed by atoms with E-state index < -0.39 is 0 Å². The maximum atomic E-state index is 5.92. The van der Waals surface area contributed by atoms with Crippen molar-refractivity contribution in [3.05, 3.63) is 21.3 Å². The summed E-state index contributed by atoms with van der Waals surface area (Å²) in [6, 6.07) is 2.19. The first-order chi connectivity index (χ1) is 5.29. The van der Waals surface area contributed by atoms with E-state index in [9.17, 15) is 0 Å². The SMILES string of the molecule is CNC(CN)c1ccsc1Cl. The van der Waals surface area contributed by atoms with Crippen molar-refractivity contribution in [3.63, 3.8) is 0 Å². The Balaban J connectivity index is 2.81. The van der Waals surface area contributed by atoms with Crippen LogP contribution in [0.25, 0.3) is 0 Å². The Bertz CT molecular complexity index is 220. The molecule has 1 rings (SSSR count). The van der Waals surface area contributed by atoms with E-state index >= 15 is 0 Å². The summed E-state index contributed by atoms with van der Waals surface area (Å²) < 4.78 is 0.829. The highest BCUT2D eigenvalue weighted by molar-refractivity contribution is 7.14. The number of halogens is 1. The lowest BCUT2D eigenvalue weighted by molar-refractivity contribution is 0.608. The Morgan fingerprint density at radius 3 is 2.91 bits per heavy atom. The minimum Gasteiger partial charge on any atom is -0.329 e. The third-order valence-corrected chi connectivity index (χ3v) is 2.81. The standard InChI is InChI=1S/C7H11ClN2S/c1-10-6(4-9)5-2-3-11-7(5)8/h2-3,6,10H,4,9H2,1H3. The summed E-state index contributed by atoms with van der Waals surface area (Å²) in [6.45, 7) is 0.576. The largest absolute Gasteiger partial charge is 0.329 e. The van der Waals surface area contributed by atoms with E-state index in [0.717, 1.165) is 9.90 Å². The summed E-state index contributed by atoms with van der Waals surface area (Å²) in [5.74, 6) is 0. The Labute approximate surface area is 75.4 Å². The number of rotatable bonds is 3. The molecule has 2 nitrogen and oxygen atoms in total. The average Bonchev–Trinajstić information content (AvgIpc) is 2.40. The molecule has 1 atom stereocenters. The van der Waals surface area contributed by atoms with Gasteiger partial charge in [0.2, 0.25) is 0 Å². The van der Waals surface area contributed by atoms with Gasteiger partial charge in [-0.15, -0.1) is 11.3 Å². The van der Waals surface area contributed by atoms with Crippen LogP contribution in [0.5, 0.6) is 0 Å². The predicted molar refractivity (Wildman–Crippen MR) is 50.2 cm³/mol. The van der Waals surface area contributed by atoms with Gasteiger partial charge in [0.25, 0.3) is 0 Å². The van der Waals surface area contributed by atoms with E-state index in [4.69, 9.17) is 17.3 Å². The quantitative estimate of drug-likeness (QED) is 0.761. The van der Waals surface area contributed by atoms with Crippen molar-refractivity contribution < 1.29 is 0 Å². The molecule has 0 aliphatic rings. The minimum absolute atomic E-state index is 0.189. The topological polar surface area (TPSA) is 38.0 Å². The van der Waals surface area contributed by atoms with E-state index in [1.165, 1.54) is 11.3 Å². The molecule has 11 heavy (non-hydrogen) atoms. The molecule has 0 saturated heterocycles. The molecule has 0 spiro atoms. The second-order valence-electron chi connectivity index (χ2n) is 2.23. The molecule has 1 unspecified atom stereocenters. The van der Waals surface area contributed by atoms with Crippen LogP contribution in [-0.4, -0.2) is 13.6 Å². The molecular weight excluding hydrogens is 180 g/mol. The molecule has 1 aromatic rings. The molecule has 4 heteroatoms. The lowest BCUT2D eigenvalue weighted by Crippen LogP contribution is -2.24. The minimum atomic E-state index is 0.189. The molecule has 0 aliphatic carbocycles. The van der Waals surface area contributed by atoms with Gasteiger partial charge in [0.1, 0.15) is 0 Å². The molecule has 0 aliphatic heterocycles. The van der Waals surface area contributed by atoms with Gasteiger partial charge in [0.05, 0.1) is 4.34 Å². The van der Waals surface area contributed by atoms with Crippen LogP contribution in [0.1, 0.15) is 11.6 Å². The van der Waals surface area contributed by atoms with Crippen molar-refractivity contribution in [2.24, 2.45) is 5.73 Å². The maximum absolute atomic E-state index is 5.92. The van der Waals surface area contributed by atoms with Crippen LogP contribution < -0.4 is 11.1 Å². The summed E-state index contributed by atoms with van der Waals surface area (Å²) in [6.07, 6.45) is 0. The van der Waals surface area contributed by atoms with E-state index in [2.05, 4.69) is 5.32 Å². The van der Waals surface area contributed by atoms with E-state index in [1.807, 2.05) is 18.5 Å². The Hall–Kier alpha value is -0.0900. The van der Waals surface area contributed by atoms with Crippen LogP contribution in [0.3, 0.4) is 0 Å². The average molecular weight is 191 g/mol. The van der Waals surface area contributed by atoms with Crippen LogP contribution in [0.15, 0.2) is 11.4 Å². The first-order valence-electron chi connectivity index (χ1n) is 3.39. The zero-order chi connectivity index (χ0) is 8.27. The molecule has 0 saturated carbocycles. The van der Waals surface area contributed by atoms with Gasteiger partial charge in [0, 0.05) is 12.6 Å². The number of hydrogen-bond acceptors (Lipinski definition) is 3. The van der Waals surface area contributed by atoms with E-state index in [1.54, 1.807) is 0 Å². The highest BCUT2D eigenvalue weighted by Gasteiger charge is 2.10. The van der Waals surface area contributed by atoms with Crippen molar-refractivity contribution in [2.45, 2.75) is 6.04 Å². The molecular formula is C7H11ClN2S. The zero-order valence-corrected chi connectivity index (χ0v) is 7.88. The van der Waals surface area contributed by atoms with Gasteiger partial charge < -0.3 is 11.1 Å². The highest BCUT2D eigenvalue weighted by atomic mass is 35.5. The molecule has 62 valence electrons. The summed E-state index contributed by atoms with van der Waals surface area (Å²) in [5.41, 5.74) is 6.63. The highest BCUT2D eigenvalue weighted by Crippen LogP contribution is 2.27. The number of nitrogens with two attached hydrogens (primary N) is 1. The Morgan fingerprint density at radius 2 is 2.55 bits per heavy atom. The summed E-state index contributed by atoms with van der Waals surface area (Å²) in [7, 11) is 1.88. The lowest BCUT2D eigenvalue weighted by Gasteiger charge is -2.11. The zero-order valence-electron chi connectivity index (χ0n) is 6.30. The number of hydrogen-bond donors (Lipinski definition) is 2. The van der Waals surface area contributed by atoms with Crippen LogP contribution in [0.4, 0.5) is 0 Å². The van der Waals surface area contributed by atoms with Crippen LogP contribution >= 0.6 is 22.9 Å². The summed E-state index contributed by atoms with van der Waals surface area (Å²) in [5, 5.41) is 5.06. The maximum Gasteiger partial charge on any atom is 0.0976 e. The van der Waals surface area contributed by atoms with Crippen molar-refractivity contribution in [1.82, 2.24) is 5.32 Å². The molecule has 0 bridgehead atoms. The number of nitrogens with one attached hydrogen (secondary N) is 1. The fourth-order valence-corrected chi connectivity index (χ4v) is 1.98. The third kappa shape index (κ3) is 1.93. The van der Waals surface area contributed by atoms with Gasteiger partial charge in [-0.25, -0.2) is 0 Å². The lowest BCUT2D eigenvalue weighted by atomic mass is 10.1. The summed E-state index contributed by atoms with van der Waals surface area (Å²) in [4.78, 5) is 0. The molecule has 3 N–H and O–H groups in total. The van der Waals surface area contributed by atoms with Gasteiger partial charge in [-0.2, -0.15) is 0 Å². The van der Waals surface area contributed by atoms with Crippen molar-refractivity contribution in [1.29, 1.82) is 0 Å². The molecule has 0 fully saturated rings. The fraction of sp³-hybridized carbons (Fsp3) is 0.429. The second kappa shape index (κ2) is 4.07. The van der Waals surface area contributed by atoms with Gasteiger partial charge in [-0.3, -0.25) is 0 Å². The first-order valence-corrected chi connectivity index (χ1v) is 4.65. The predicted octanol–water partition coefficient (Wildman–Crippen LogP) is 1.62. The van der Waals surface area contributed by atoms with Crippen molar-refractivity contribution >= 4 is 22.9 Å². The number of thiophene rings is 1. The van der Waals surface area contributed by atoms with Gasteiger partial charge in [0.15, 0.2) is 0 Å². The second-order valence-corrected chi connectivity index (χ2v) is 3.74. The van der Waals surface area contributed by atoms with Crippen molar-refractivity contribution in [2.75, 3.05) is 13.6 Å². The fourth-order valence-electron chi connectivity index (χ4n) is 0.954. The molecule has 0 aromatic carbocycles. The summed E-state index contributed by atoms with van der Waals surface area (Å²) >= 11 is 7.45.